The number of esters is 1. The average Bonchev–Trinajstić information content (AvgIpc) is 2.35. The van der Waals surface area contributed by atoms with Crippen LogP contribution in [0.15, 0.2) is 18.2 Å². The van der Waals surface area contributed by atoms with Gasteiger partial charge < -0.3 is 9.47 Å². The molecule has 0 unspecified atom stereocenters. The van der Waals surface area contributed by atoms with Crippen molar-refractivity contribution in [2.24, 2.45) is 0 Å². The molecule has 0 atom stereocenters. The van der Waals surface area contributed by atoms with Gasteiger partial charge in [-0.05, 0) is 18.4 Å². The molecule has 0 saturated carbocycles. The van der Waals surface area contributed by atoms with Gasteiger partial charge in [0.05, 0.1) is 18.1 Å². The van der Waals surface area contributed by atoms with E-state index in [1.54, 1.807) is 0 Å². The summed E-state index contributed by atoms with van der Waals surface area (Å²) in [6.07, 6.45) is 1.84. The highest BCUT2D eigenvalue weighted by atomic mass is 32.2. The smallest absolute Gasteiger partial charge is 0.344 e. The van der Waals surface area contributed by atoms with Gasteiger partial charge in [0.15, 0.2) is 0 Å². The minimum absolute atomic E-state index is 0.0889. The molecule has 92 valence electrons. The first-order chi connectivity index (χ1) is 8.10. The number of rotatable bonds is 5. The molecule has 0 amide bonds. The molecule has 7 heteroatoms. The van der Waals surface area contributed by atoms with Crippen molar-refractivity contribution in [2.45, 2.75) is 0 Å². The molecule has 1 aromatic carbocycles. The van der Waals surface area contributed by atoms with Gasteiger partial charge in [0, 0.05) is 0 Å². The minimum atomic E-state index is -0.742. The van der Waals surface area contributed by atoms with Gasteiger partial charge in [-0.3, -0.25) is 10.1 Å². The van der Waals surface area contributed by atoms with Crippen molar-refractivity contribution in [2.75, 3.05) is 19.3 Å². The van der Waals surface area contributed by atoms with Crippen molar-refractivity contribution in [3.8, 4) is 5.75 Å². The zero-order valence-electron chi connectivity index (χ0n) is 9.34. The molecule has 1 aromatic rings. The number of carbonyl (C=O) groups excluding carboxylic acids is 1. The lowest BCUT2D eigenvalue weighted by atomic mass is 10.2. The summed E-state index contributed by atoms with van der Waals surface area (Å²) in [7, 11) is 1.17. The molecule has 0 aliphatic heterocycles. The second-order valence-electron chi connectivity index (χ2n) is 2.98. The van der Waals surface area contributed by atoms with E-state index in [1.807, 2.05) is 6.26 Å². The summed E-state index contributed by atoms with van der Waals surface area (Å²) >= 11 is 1.44. The predicted molar refractivity (Wildman–Crippen MR) is 63.4 cm³/mol. The highest BCUT2D eigenvalue weighted by molar-refractivity contribution is 7.98. The van der Waals surface area contributed by atoms with Crippen LogP contribution < -0.4 is 4.74 Å². The van der Waals surface area contributed by atoms with E-state index in [2.05, 4.69) is 4.74 Å². The monoisotopic (exact) mass is 257 g/mol. The SMILES string of the molecule is COC(=O)c1ccc(OCSC)cc1[N+](=O)[O-]. The van der Waals surface area contributed by atoms with Crippen molar-refractivity contribution < 1.29 is 19.2 Å². The summed E-state index contributed by atoms with van der Waals surface area (Å²) in [6, 6.07) is 4.03. The van der Waals surface area contributed by atoms with Crippen LogP contribution in [0.1, 0.15) is 10.4 Å². The van der Waals surface area contributed by atoms with Crippen LogP contribution in [0.4, 0.5) is 5.69 Å². The minimum Gasteiger partial charge on any atom is -0.483 e. The second kappa shape index (κ2) is 6.09. The van der Waals surface area contributed by atoms with Gasteiger partial charge in [0.2, 0.25) is 0 Å². The van der Waals surface area contributed by atoms with Gasteiger partial charge in [0.1, 0.15) is 17.3 Å². The predicted octanol–water partition coefficient (Wildman–Crippen LogP) is 2.08. The molecular formula is C10H11NO5S. The summed E-state index contributed by atoms with van der Waals surface area (Å²) in [4.78, 5) is 21.5. The van der Waals surface area contributed by atoms with Crippen LogP contribution in [0.5, 0.6) is 5.75 Å². The number of thioether (sulfide) groups is 1. The fourth-order valence-corrected chi connectivity index (χ4v) is 1.42. The van der Waals surface area contributed by atoms with E-state index in [4.69, 9.17) is 4.74 Å². The fraction of sp³-hybridized carbons (Fsp3) is 0.300. The van der Waals surface area contributed by atoms with Crippen molar-refractivity contribution in [3.05, 3.63) is 33.9 Å². The zero-order valence-corrected chi connectivity index (χ0v) is 10.2. The van der Waals surface area contributed by atoms with E-state index < -0.39 is 10.9 Å². The third kappa shape index (κ3) is 3.35. The number of nitro groups is 1. The van der Waals surface area contributed by atoms with Crippen LogP contribution in [0.25, 0.3) is 0 Å². The lowest BCUT2D eigenvalue weighted by molar-refractivity contribution is -0.385. The highest BCUT2D eigenvalue weighted by Crippen LogP contribution is 2.25. The summed E-state index contributed by atoms with van der Waals surface area (Å²) in [5.41, 5.74) is -0.413. The first-order valence-electron chi connectivity index (χ1n) is 4.58. The standard InChI is InChI=1S/C10H11NO5S/c1-15-10(12)8-4-3-7(16-6-17-2)5-9(8)11(13)14/h3-5H,6H2,1-2H3. The maximum Gasteiger partial charge on any atom is 0.344 e. The lowest BCUT2D eigenvalue weighted by Gasteiger charge is -2.05. The molecular weight excluding hydrogens is 246 g/mol. The van der Waals surface area contributed by atoms with E-state index in [-0.39, 0.29) is 11.3 Å². The first kappa shape index (κ1) is 13.3. The third-order valence-electron chi connectivity index (χ3n) is 1.91. The van der Waals surface area contributed by atoms with Gasteiger partial charge in [0.25, 0.3) is 5.69 Å². The Morgan fingerprint density at radius 3 is 2.76 bits per heavy atom. The van der Waals surface area contributed by atoms with Gasteiger partial charge in [-0.2, -0.15) is 0 Å². The molecule has 0 fully saturated rings. The number of carbonyl (C=O) groups is 1. The Balaban J connectivity index is 3.08. The van der Waals surface area contributed by atoms with Crippen LogP contribution in [-0.4, -0.2) is 30.2 Å². The summed E-state index contributed by atoms with van der Waals surface area (Å²) in [5.74, 6) is -0.0128. The Morgan fingerprint density at radius 1 is 1.53 bits per heavy atom. The zero-order chi connectivity index (χ0) is 12.8. The molecule has 0 bridgehead atoms. The van der Waals surface area contributed by atoms with E-state index in [0.717, 1.165) is 0 Å². The molecule has 17 heavy (non-hydrogen) atoms. The molecule has 0 spiro atoms. The summed E-state index contributed by atoms with van der Waals surface area (Å²) in [5, 5.41) is 10.8. The van der Waals surface area contributed by atoms with Crippen molar-refractivity contribution >= 4 is 23.4 Å². The van der Waals surface area contributed by atoms with E-state index in [1.165, 1.54) is 37.1 Å². The number of nitro benzene ring substituents is 1. The number of nitrogens with zero attached hydrogens (tertiary/aromatic N) is 1. The second-order valence-corrected chi connectivity index (χ2v) is 3.79. The maximum atomic E-state index is 11.3. The Labute approximate surface area is 102 Å². The topological polar surface area (TPSA) is 78.7 Å². The Hall–Kier alpha value is -1.76. The molecule has 0 aromatic heterocycles. The van der Waals surface area contributed by atoms with Crippen LogP contribution in [0.3, 0.4) is 0 Å². The number of ether oxygens (including phenoxy) is 2. The average molecular weight is 257 g/mol. The summed E-state index contributed by atoms with van der Waals surface area (Å²) in [6.45, 7) is 0. The maximum absolute atomic E-state index is 11.3. The van der Waals surface area contributed by atoms with Gasteiger partial charge >= 0.3 is 5.97 Å². The molecule has 6 nitrogen and oxygen atoms in total. The third-order valence-corrected chi connectivity index (χ3v) is 2.27. The van der Waals surface area contributed by atoms with Crippen LogP contribution in [-0.2, 0) is 4.74 Å². The van der Waals surface area contributed by atoms with E-state index >= 15 is 0 Å². The lowest BCUT2D eigenvalue weighted by Crippen LogP contribution is -2.06. The van der Waals surface area contributed by atoms with E-state index in [9.17, 15) is 14.9 Å². The van der Waals surface area contributed by atoms with E-state index in [0.29, 0.717) is 11.7 Å². The number of hydrogen-bond acceptors (Lipinski definition) is 6. The molecule has 0 saturated heterocycles. The molecule has 0 aliphatic carbocycles. The van der Waals surface area contributed by atoms with Crippen molar-refractivity contribution in [1.82, 2.24) is 0 Å². The molecule has 0 aliphatic rings. The van der Waals surface area contributed by atoms with Gasteiger partial charge in [-0.1, -0.05) is 0 Å². The molecule has 0 radical (unpaired) electrons. The van der Waals surface area contributed by atoms with Crippen molar-refractivity contribution in [3.63, 3.8) is 0 Å². The number of benzene rings is 1. The van der Waals surface area contributed by atoms with Crippen LogP contribution >= 0.6 is 11.8 Å². The van der Waals surface area contributed by atoms with Gasteiger partial charge in [-0.15, -0.1) is 11.8 Å². The fourth-order valence-electron chi connectivity index (χ4n) is 1.16. The Kier molecular flexibility index (Phi) is 4.77. The van der Waals surface area contributed by atoms with Gasteiger partial charge in [-0.25, -0.2) is 4.79 Å². The Bertz CT molecular complexity index is 435. The van der Waals surface area contributed by atoms with Crippen LogP contribution in [0.2, 0.25) is 0 Å². The highest BCUT2D eigenvalue weighted by Gasteiger charge is 2.21. The largest absolute Gasteiger partial charge is 0.483 e. The molecule has 1 rings (SSSR count). The normalized spacial score (nSPS) is 9.76. The summed E-state index contributed by atoms with van der Waals surface area (Å²) < 4.78 is 9.68. The van der Waals surface area contributed by atoms with Crippen molar-refractivity contribution in [1.29, 1.82) is 0 Å². The quantitative estimate of drug-likeness (QED) is 0.348. The molecule has 0 heterocycles. The molecule has 0 N–H and O–H groups in total. The Morgan fingerprint density at radius 2 is 2.24 bits per heavy atom. The number of methoxy groups -OCH3 is 1. The first-order valence-corrected chi connectivity index (χ1v) is 5.98. The number of hydrogen-bond donors (Lipinski definition) is 0. The van der Waals surface area contributed by atoms with Crippen LogP contribution in [0, 0.1) is 10.1 Å².